The topological polar surface area (TPSA) is 98.7 Å². The zero-order valence-electron chi connectivity index (χ0n) is 11.5. The van der Waals surface area contributed by atoms with E-state index in [1.54, 1.807) is 6.08 Å². The lowest BCUT2D eigenvalue weighted by Gasteiger charge is -2.07. The Bertz CT molecular complexity index is 711. The molecule has 0 aliphatic carbocycles. The van der Waals surface area contributed by atoms with E-state index in [0.29, 0.717) is 0 Å². The van der Waals surface area contributed by atoms with Crippen molar-refractivity contribution in [1.82, 2.24) is 10.9 Å². The van der Waals surface area contributed by atoms with Crippen LogP contribution in [-0.4, -0.2) is 22.0 Å². The Labute approximate surface area is 126 Å². The number of nitrogens with one attached hydrogen (secondary N) is 2. The normalized spacial score (nSPS) is 10.4. The standard InChI is InChI=1S/C16H14N2O4/c19-12-7-8-13(14(20)10-12)16(22)18-17-15(21)9-6-11-4-2-1-3-5-11/h1-10,19-20H,(H,17,21)(H,18,22). The SMILES string of the molecule is O=C(C=Cc1ccccc1)NNC(=O)c1ccc(O)cc1O. The van der Waals surface area contributed by atoms with Gasteiger partial charge in [0, 0.05) is 12.1 Å². The number of carbonyl (C=O) groups excluding carboxylic acids is 2. The number of benzene rings is 2. The van der Waals surface area contributed by atoms with Crippen LogP contribution < -0.4 is 10.9 Å². The van der Waals surface area contributed by atoms with Gasteiger partial charge in [-0.2, -0.15) is 0 Å². The summed E-state index contributed by atoms with van der Waals surface area (Å²) >= 11 is 0. The lowest BCUT2D eigenvalue weighted by Crippen LogP contribution is -2.40. The summed E-state index contributed by atoms with van der Waals surface area (Å²) in [6.07, 6.45) is 2.87. The number of rotatable bonds is 3. The first-order valence-corrected chi connectivity index (χ1v) is 6.41. The summed E-state index contributed by atoms with van der Waals surface area (Å²) in [6, 6.07) is 12.7. The number of hydrazine groups is 1. The molecule has 0 unspecified atom stereocenters. The summed E-state index contributed by atoms with van der Waals surface area (Å²) in [5, 5.41) is 18.7. The highest BCUT2D eigenvalue weighted by molar-refractivity contribution is 5.99. The number of phenols is 2. The van der Waals surface area contributed by atoms with Crippen LogP contribution in [0.3, 0.4) is 0 Å². The molecule has 112 valence electrons. The molecular formula is C16H14N2O4. The lowest BCUT2D eigenvalue weighted by molar-refractivity contribution is -0.117. The second-order valence-electron chi connectivity index (χ2n) is 4.39. The molecule has 0 heterocycles. The molecule has 2 amide bonds. The van der Waals surface area contributed by atoms with Crippen molar-refractivity contribution in [2.75, 3.05) is 0 Å². The van der Waals surface area contributed by atoms with Crippen LogP contribution in [0.2, 0.25) is 0 Å². The van der Waals surface area contributed by atoms with Crippen LogP contribution in [0.25, 0.3) is 6.08 Å². The van der Waals surface area contributed by atoms with Gasteiger partial charge in [-0.15, -0.1) is 0 Å². The van der Waals surface area contributed by atoms with Crippen LogP contribution in [0.4, 0.5) is 0 Å². The molecule has 0 aliphatic heterocycles. The third-order valence-corrected chi connectivity index (χ3v) is 2.75. The molecule has 2 aromatic carbocycles. The van der Waals surface area contributed by atoms with Gasteiger partial charge < -0.3 is 10.2 Å². The average Bonchev–Trinajstić information content (AvgIpc) is 2.51. The number of aromatic hydroxyl groups is 2. The predicted molar refractivity (Wildman–Crippen MR) is 80.9 cm³/mol. The van der Waals surface area contributed by atoms with Gasteiger partial charge >= 0.3 is 0 Å². The molecule has 0 fully saturated rings. The molecule has 22 heavy (non-hydrogen) atoms. The molecule has 0 aromatic heterocycles. The zero-order chi connectivity index (χ0) is 15.9. The third kappa shape index (κ3) is 4.11. The minimum absolute atomic E-state index is 0.0647. The first kappa shape index (κ1) is 15.1. The molecule has 4 N–H and O–H groups in total. The Morgan fingerprint density at radius 2 is 1.68 bits per heavy atom. The van der Waals surface area contributed by atoms with E-state index in [1.807, 2.05) is 30.3 Å². The van der Waals surface area contributed by atoms with E-state index in [9.17, 15) is 14.7 Å². The number of hydrogen-bond acceptors (Lipinski definition) is 4. The van der Waals surface area contributed by atoms with Crippen molar-refractivity contribution in [3.05, 3.63) is 65.7 Å². The van der Waals surface area contributed by atoms with Crippen molar-refractivity contribution >= 4 is 17.9 Å². The maximum absolute atomic E-state index is 11.8. The molecule has 6 nitrogen and oxygen atoms in total. The Morgan fingerprint density at radius 3 is 2.36 bits per heavy atom. The second kappa shape index (κ2) is 6.94. The largest absolute Gasteiger partial charge is 0.508 e. The molecule has 2 aromatic rings. The van der Waals surface area contributed by atoms with Gasteiger partial charge in [0.05, 0.1) is 5.56 Å². The molecule has 6 heteroatoms. The van der Waals surface area contributed by atoms with E-state index in [1.165, 1.54) is 18.2 Å². The van der Waals surface area contributed by atoms with Gasteiger partial charge in [0.25, 0.3) is 11.8 Å². The first-order valence-electron chi connectivity index (χ1n) is 6.41. The highest BCUT2D eigenvalue weighted by atomic mass is 16.3. The monoisotopic (exact) mass is 298 g/mol. The summed E-state index contributed by atoms with van der Waals surface area (Å²) in [5.41, 5.74) is 5.14. The Hall–Kier alpha value is -3.28. The van der Waals surface area contributed by atoms with Gasteiger partial charge in [0.1, 0.15) is 11.5 Å². The molecule has 0 bridgehead atoms. The van der Waals surface area contributed by atoms with Gasteiger partial charge in [-0.3, -0.25) is 20.4 Å². The van der Waals surface area contributed by atoms with Crippen LogP contribution in [0.1, 0.15) is 15.9 Å². The molecule has 0 radical (unpaired) electrons. The lowest BCUT2D eigenvalue weighted by atomic mass is 10.2. The van der Waals surface area contributed by atoms with E-state index >= 15 is 0 Å². The predicted octanol–water partition coefficient (Wildman–Crippen LogP) is 1.57. The fraction of sp³-hybridized carbons (Fsp3) is 0. The second-order valence-corrected chi connectivity index (χ2v) is 4.39. The van der Waals surface area contributed by atoms with Gasteiger partial charge in [-0.25, -0.2) is 0 Å². The Kier molecular flexibility index (Phi) is 4.77. The summed E-state index contributed by atoms with van der Waals surface area (Å²) in [4.78, 5) is 23.3. The van der Waals surface area contributed by atoms with E-state index in [-0.39, 0.29) is 17.1 Å². The summed E-state index contributed by atoms with van der Waals surface area (Å²) in [6.45, 7) is 0. The van der Waals surface area contributed by atoms with E-state index in [0.717, 1.165) is 11.6 Å². The molecule has 2 rings (SSSR count). The zero-order valence-corrected chi connectivity index (χ0v) is 11.5. The molecule has 0 spiro atoms. The highest BCUT2D eigenvalue weighted by Gasteiger charge is 2.11. The summed E-state index contributed by atoms with van der Waals surface area (Å²) in [7, 11) is 0. The van der Waals surface area contributed by atoms with Crippen molar-refractivity contribution in [3.8, 4) is 11.5 Å². The van der Waals surface area contributed by atoms with Crippen LogP contribution in [0.5, 0.6) is 11.5 Å². The molecule has 0 saturated heterocycles. The van der Waals surface area contributed by atoms with Crippen molar-refractivity contribution in [2.45, 2.75) is 0 Å². The maximum Gasteiger partial charge on any atom is 0.273 e. The minimum Gasteiger partial charge on any atom is -0.508 e. The van der Waals surface area contributed by atoms with Crippen LogP contribution >= 0.6 is 0 Å². The first-order chi connectivity index (χ1) is 10.6. The van der Waals surface area contributed by atoms with Crippen LogP contribution in [-0.2, 0) is 4.79 Å². The summed E-state index contributed by atoms with van der Waals surface area (Å²) in [5.74, 6) is -1.76. The van der Waals surface area contributed by atoms with Crippen molar-refractivity contribution in [3.63, 3.8) is 0 Å². The van der Waals surface area contributed by atoms with Gasteiger partial charge in [0.15, 0.2) is 0 Å². The molecular weight excluding hydrogens is 284 g/mol. The molecule has 0 saturated carbocycles. The van der Waals surface area contributed by atoms with Crippen molar-refractivity contribution in [2.24, 2.45) is 0 Å². The fourth-order valence-electron chi connectivity index (χ4n) is 1.68. The number of carbonyl (C=O) groups is 2. The van der Waals surface area contributed by atoms with E-state index < -0.39 is 11.8 Å². The Balaban J connectivity index is 1.91. The molecule has 0 aliphatic rings. The van der Waals surface area contributed by atoms with Crippen LogP contribution in [0.15, 0.2) is 54.6 Å². The fourth-order valence-corrected chi connectivity index (χ4v) is 1.68. The van der Waals surface area contributed by atoms with Crippen molar-refractivity contribution < 1.29 is 19.8 Å². The minimum atomic E-state index is -0.695. The van der Waals surface area contributed by atoms with Crippen molar-refractivity contribution in [1.29, 1.82) is 0 Å². The number of hydrogen-bond donors (Lipinski definition) is 4. The Morgan fingerprint density at radius 1 is 0.955 bits per heavy atom. The highest BCUT2D eigenvalue weighted by Crippen LogP contribution is 2.21. The smallest absolute Gasteiger partial charge is 0.273 e. The van der Waals surface area contributed by atoms with Gasteiger partial charge in [-0.05, 0) is 23.8 Å². The quantitative estimate of drug-likeness (QED) is 0.510. The average molecular weight is 298 g/mol. The molecule has 0 atom stereocenters. The van der Waals surface area contributed by atoms with E-state index in [2.05, 4.69) is 10.9 Å². The third-order valence-electron chi connectivity index (χ3n) is 2.75. The van der Waals surface area contributed by atoms with Gasteiger partial charge in [0.2, 0.25) is 0 Å². The number of amides is 2. The van der Waals surface area contributed by atoms with E-state index in [4.69, 9.17) is 5.11 Å². The van der Waals surface area contributed by atoms with Crippen LogP contribution in [0, 0.1) is 0 Å². The summed E-state index contributed by atoms with van der Waals surface area (Å²) < 4.78 is 0. The maximum atomic E-state index is 11.8. The number of phenolic OH excluding ortho intramolecular Hbond substituents is 2. The van der Waals surface area contributed by atoms with Gasteiger partial charge in [-0.1, -0.05) is 30.3 Å².